The van der Waals surface area contributed by atoms with E-state index in [2.05, 4.69) is 58.3 Å². The van der Waals surface area contributed by atoms with Crippen LogP contribution in [0.15, 0.2) is 48.5 Å². The maximum absolute atomic E-state index is 12.3. The second-order valence-electron chi connectivity index (χ2n) is 7.92. The summed E-state index contributed by atoms with van der Waals surface area (Å²) in [6.07, 6.45) is 0.841. The molecule has 0 N–H and O–H groups in total. The third-order valence-corrected chi connectivity index (χ3v) is 6.40. The first kappa shape index (κ1) is 17.4. The smallest absolute Gasteiger partial charge is 0.409 e. The highest BCUT2D eigenvalue weighted by molar-refractivity contribution is 5.81. The number of ether oxygens (including phenoxy) is 1. The fraction of sp³-hybridized carbons (Fsp3) is 0.435. The van der Waals surface area contributed by atoms with Crippen molar-refractivity contribution in [3.05, 3.63) is 59.7 Å². The summed E-state index contributed by atoms with van der Waals surface area (Å²) in [4.78, 5) is 19.3. The minimum absolute atomic E-state index is 0.169. The molecule has 0 bridgehead atoms. The summed E-state index contributed by atoms with van der Waals surface area (Å²) < 4.78 is 5.26. The van der Waals surface area contributed by atoms with Crippen LogP contribution in [0.25, 0.3) is 0 Å². The second kappa shape index (κ2) is 7.04. The predicted octanol–water partition coefficient (Wildman–Crippen LogP) is 3.84. The molecule has 1 amide bonds. The molecule has 3 aliphatic heterocycles. The van der Waals surface area contributed by atoms with Gasteiger partial charge in [0.2, 0.25) is 0 Å². The third kappa shape index (κ3) is 2.81. The molecule has 0 radical (unpaired) electrons. The van der Waals surface area contributed by atoms with Crippen LogP contribution >= 0.6 is 0 Å². The highest BCUT2D eigenvalue weighted by Gasteiger charge is 2.45. The van der Waals surface area contributed by atoms with Crippen LogP contribution in [0.4, 0.5) is 16.2 Å². The average molecular weight is 377 g/mol. The fourth-order valence-corrected chi connectivity index (χ4v) is 5.18. The first-order valence-corrected chi connectivity index (χ1v) is 10.4. The van der Waals surface area contributed by atoms with Gasteiger partial charge in [0.1, 0.15) is 0 Å². The van der Waals surface area contributed by atoms with E-state index in [1.807, 2.05) is 11.8 Å². The standard InChI is InChI=1S/C23H27N3O2/c1-2-28-23(27)25-12-11-20-19(16-25)18-9-6-10-21-22(18)26(20)14-13-24(21)15-17-7-4-3-5-8-17/h3-10,19-20H,2,11-16H2,1H3. The van der Waals surface area contributed by atoms with Crippen molar-refractivity contribution < 1.29 is 9.53 Å². The van der Waals surface area contributed by atoms with Gasteiger partial charge in [0.25, 0.3) is 0 Å². The summed E-state index contributed by atoms with van der Waals surface area (Å²) in [5.74, 6) is 0.379. The largest absolute Gasteiger partial charge is 0.450 e. The lowest BCUT2D eigenvalue weighted by molar-refractivity contribution is 0.0934. The predicted molar refractivity (Wildman–Crippen MR) is 111 cm³/mol. The monoisotopic (exact) mass is 377 g/mol. The van der Waals surface area contributed by atoms with Gasteiger partial charge in [0.15, 0.2) is 0 Å². The van der Waals surface area contributed by atoms with Gasteiger partial charge in [-0.3, -0.25) is 0 Å². The van der Waals surface area contributed by atoms with Crippen LogP contribution in [-0.2, 0) is 11.3 Å². The number of benzene rings is 2. The van der Waals surface area contributed by atoms with Crippen LogP contribution < -0.4 is 9.80 Å². The van der Waals surface area contributed by atoms with Crippen LogP contribution in [0.5, 0.6) is 0 Å². The molecule has 2 aromatic rings. The Balaban J connectivity index is 1.44. The molecule has 0 saturated carbocycles. The zero-order valence-electron chi connectivity index (χ0n) is 16.4. The Labute approximate surface area is 166 Å². The summed E-state index contributed by atoms with van der Waals surface area (Å²) in [5, 5.41) is 0. The third-order valence-electron chi connectivity index (χ3n) is 6.40. The quantitative estimate of drug-likeness (QED) is 0.814. The number of carbonyl (C=O) groups excluding carboxylic acids is 1. The molecule has 0 aromatic heterocycles. The van der Waals surface area contributed by atoms with E-state index in [-0.39, 0.29) is 6.09 Å². The average Bonchev–Trinajstić information content (AvgIpc) is 3.06. The van der Waals surface area contributed by atoms with E-state index in [0.717, 1.165) is 39.1 Å². The van der Waals surface area contributed by atoms with Crippen molar-refractivity contribution in [1.82, 2.24) is 4.90 Å². The Morgan fingerprint density at radius 3 is 2.75 bits per heavy atom. The fourth-order valence-electron chi connectivity index (χ4n) is 5.18. The molecule has 28 heavy (non-hydrogen) atoms. The molecule has 0 aliphatic carbocycles. The molecule has 2 aromatic carbocycles. The first-order valence-electron chi connectivity index (χ1n) is 10.4. The molecular formula is C23H27N3O2. The van der Waals surface area contributed by atoms with E-state index in [0.29, 0.717) is 18.6 Å². The highest BCUT2D eigenvalue weighted by atomic mass is 16.6. The van der Waals surface area contributed by atoms with Gasteiger partial charge in [-0.1, -0.05) is 42.5 Å². The van der Waals surface area contributed by atoms with Crippen molar-refractivity contribution in [2.45, 2.75) is 31.8 Å². The summed E-state index contributed by atoms with van der Waals surface area (Å²) in [7, 11) is 0. The molecule has 1 fully saturated rings. The number of rotatable bonds is 3. The Morgan fingerprint density at radius 2 is 1.93 bits per heavy atom. The number of amides is 1. The molecule has 5 heteroatoms. The number of carbonyl (C=O) groups is 1. The molecular weight excluding hydrogens is 350 g/mol. The number of likely N-dealkylation sites (tertiary alicyclic amines) is 1. The lowest BCUT2D eigenvalue weighted by Gasteiger charge is -2.42. The van der Waals surface area contributed by atoms with Crippen molar-refractivity contribution in [3.8, 4) is 0 Å². The van der Waals surface area contributed by atoms with Gasteiger partial charge in [-0.25, -0.2) is 4.79 Å². The minimum atomic E-state index is -0.169. The molecule has 146 valence electrons. The Hall–Kier alpha value is -2.69. The van der Waals surface area contributed by atoms with E-state index in [9.17, 15) is 4.79 Å². The number of nitrogens with zero attached hydrogens (tertiary/aromatic N) is 3. The number of fused-ring (bicyclic) bond motifs is 3. The van der Waals surface area contributed by atoms with Gasteiger partial charge in [-0.05, 0) is 30.5 Å². The molecule has 0 spiro atoms. The number of hydrogen-bond acceptors (Lipinski definition) is 4. The van der Waals surface area contributed by atoms with Gasteiger partial charge in [0.05, 0.1) is 18.0 Å². The summed E-state index contributed by atoms with van der Waals surface area (Å²) in [5.41, 5.74) is 5.47. The van der Waals surface area contributed by atoms with Gasteiger partial charge >= 0.3 is 6.09 Å². The zero-order valence-corrected chi connectivity index (χ0v) is 16.4. The van der Waals surface area contributed by atoms with Crippen molar-refractivity contribution >= 4 is 17.5 Å². The van der Waals surface area contributed by atoms with Crippen LogP contribution in [-0.4, -0.2) is 49.8 Å². The molecule has 1 saturated heterocycles. The summed E-state index contributed by atoms with van der Waals surface area (Å²) in [6.45, 7) is 6.88. The van der Waals surface area contributed by atoms with Gasteiger partial charge in [0, 0.05) is 44.7 Å². The SMILES string of the molecule is CCOC(=O)N1CCC2C(C1)c1cccc3c1N2CCN3Cc1ccccc1. The van der Waals surface area contributed by atoms with E-state index in [4.69, 9.17) is 4.74 Å². The van der Waals surface area contributed by atoms with Gasteiger partial charge < -0.3 is 19.4 Å². The van der Waals surface area contributed by atoms with Crippen molar-refractivity contribution in [2.24, 2.45) is 0 Å². The van der Waals surface area contributed by atoms with Crippen LogP contribution in [0, 0.1) is 0 Å². The van der Waals surface area contributed by atoms with Crippen molar-refractivity contribution in [2.75, 3.05) is 42.6 Å². The lowest BCUT2D eigenvalue weighted by atomic mass is 9.89. The maximum atomic E-state index is 12.3. The normalized spacial score (nSPS) is 22.7. The molecule has 5 rings (SSSR count). The van der Waals surface area contributed by atoms with Crippen molar-refractivity contribution in [1.29, 1.82) is 0 Å². The summed E-state index contributed by atoms with van der Waals surface area (Å²) in [6, 6.07) is 17.9. The maximum Gasteiger partial charge on any atom is 0.409 e. The minimum Gasteiger partial charge on any atom is -0.450 e. The van der Waals surface area contributed by atoms with Gasteiger partial charge in [-0.2, -0.15) is 0 Å². The molecule has 3 aliphatic rings. The Kier molecular flexibility index (Phi) is 4.38. The Morgan fingerprint density at radius 1 is 1.07 bits per heavy atom. The van der Waals surface area contributed by atoms with Crippen LogP contribution in [0.3, 0.4) is 0 Å². The number of anilines is 2. The molecule has 5 nitrogen and oxygen atoms in total. The van der Waals surface area contributed by atoms with E-state index < -0.39 is 0 Å². The molecule has 3 heterocycles. The molecule has 2 atom stereocenters. The van der Waals surface area contributed by atoms with E-state index in [1.54, 1.807) is 0 Å². The number of para-hydroxylation sites is 1. The Bertz CT molecular complexity index is 869. The van der Waals surface area contributed by atoms with E-state index in [1.165, 1.54) is 22.5 Å². The summed E-state index contributed by atoms with van der Waals surface area (Å²) >= 11 is 0. The number of hydrogen-bond donors (Lipinski definition) is 0. The highest BCUT2D eigenvalue weighted by Crippen LogP contribution is 2.50. The van der Waals surface area contributed by atoms with E-state index >= 15 is 0 Å². The topological polar surface area (TPSA) is 36.0 Å². The van der Waals surface area contributed by atoms with Crippen LogP contribution in [0.1, 0.15) is 30.4 Å². The lowest BCUT2D eigenvalue weighted by Crippen LogP contribution is -2.50. The second-order valence-corrected chi connectivity index (χ2v) is 7.92. The van der Waals surface area contributed by atoms with Crippen LogP contribution in [0.2, 0.25) is 0 Å². The van der Waals surface area contributed by atoms with Gasteiger partial charge in [-0.15, -0.1) is 0 Å². The number of piperidine rings is 1. The first-order chi connectivity index (χ1) is 13.8. The zero-order chi connectivity index (χ0) is 19.1. The van der Waals surface area contributed by atoms with Crippen molar-refractivity contribution in [3.63, 3.8) is 0 Å². The molecule has 2 unspecified atom stereocenters.